The highest BCUT2D eigenvalue weighted by molar-refractivity contribution is 7.90. The van der Waals surface area contributed by atoms with E-state index in [1.807, 2.05) is 4.72 Å². The van der Waals surface area contributed by atoms with Crippen molar-refractivity contribution in [3.05, 3.63) is 43.0 Å². The average molecular weight is 475 g/mol. The number of halogens is 5. The van der Waals surface area contributed by atoms with Gasteiger partial charge in [0.2, 0.25) is 0 Å². The minimum Gasteiger partial charge on any atom is -0.267 e. The minimum absolute atomic E-state index is 0.0264. The Labute approximate surface area is 168 Å². The number of hydrogen-bond acceptors (Lipinski definition) is 6. The Morgan fingerprint density at radius 2 is 1.89 bits per heavy atom. The summed E-state index contributed by atoms with van der Waals surface area (Å²) in [5.41, 5.74) is -0.783. The smallest absolute Gasteiger partial charge is 0.267 e. The number of nitrogens with one attached hydrogen (secondary N) is 1. The van der Waals surface area contributed by atoms with Crippen molar-refractivity contribution in [2.24, 2.45) is 0 Å². The van der Waals surface area contributed by atoms with Gasteiger partial charge in [0.25, 0.3) is 15.9 Å². The molecule has 0 aliphatic heterocycles. The van der Waals surface area contributed by atoms with Crippen LogP contribution in [0.2, 0.25) is 8.67 Å². The third-order valence-electron chi connectivity index (χ3n) is 3.44. The van der Waals surface area contributed by atoms with Gasteiger partial charge >= 0.3 is 6.18 Å². The van der Waals surface area contributed by atoms with Gasteiger partial charge < -0.3 is 0 Å². The number of thiophene rings is 2. The topological polar surface area (TPSA) is 76.1 Å². The van der Waals surface area contributed by atoms with E-state index >= 15 is 0 Å². The quantitative estimate of drug-likeness (QED) is 0.571. The molecule has 3 rings (SSSR count). The van der Waals surface area contributed by atoms with Crippen LogP contribution in [0.25, 0.3) is 10.2 Å². The number of carbonyl (C=O) groups is 1. The van der Waals surface area contributed by atoms with E-state index in [0.717, 1.165) is 23.5 Å². The van der Waals surface area contributed by atoms with Crippen molar-refractivity contribution >= 4 is 72.0 Å². The molecule has 0 aliphatic carbocycles. The van der Waals surface area contributed by atoms with Gasteiger partial charge in [-0.15, -0.1) is 22.7 Å². The predicted octanol–water partition coefficient (Wildman–Crippen LogP) is 5.11. The van der Waals surface area contributed by atoms with Gasteiger partial charge in [-0.25, -0.2) is 18.1 Å². The molecule has 0 unspecified atom stereocenters. The zero-order valence-electron chi connectivity index (χ0n) is 13.0. The lowest BCUT2D eigenvalue weighted by Gasteiger charge is -2.05. The van der Waals surface area contributed by atoms with Crippen LogP contribution in [0.15, 0.2) is 23.1 Å². The SMILES string of the molecule is Cc1c(C(=O)NS(=O)(=O)c2cc(Cl)sc2Cl)sc2nc(C(F)(F)F)ccc12. The van der Waals surface area contributed by atoms with Crippen molar-refractivity contribution in [3.63, 3.8) is 0 Å². The first-order valence-electron chi connectivity index (χ1n) is 6.89. The van der Waals surface area contributed by atoms with Crippen LogP contribution < -0.4 is 4.72 Å². The molecule has 3 aromatic rings. The fraction of sp³-hybridized carbons (Fsp3) is 0.143. The molecule has 0 radical (unpaired) electrons. The van der Waals surface area contributed by atoms with Crippen LogP contribution in [-0.2, 0) is 16.2 Å². The van der Waals surface area contributed by atoms with Gasteiger partial charge in [0.05, 0.1) is 9.21 Å². The first-order chi connectivity index (χ1) is 12.4. The van der Waals surface area contributed by atoms with Gasteiger partial charge in [-0.2, -0.15) is 13.2 Å². The van der Waals surface area contributed by atoms with Crippen LogP contribution >= 0.6 is 45.9 Å². The molecule has 0 saturated carbocycles. The maximum absolute atomic E-state index is 12.8. The fourth-order valence-corrected chi connectivity index (χ4v) is 6.45. The maximum atomic E-state index is 12.8. The Bertz CT molecular complexity index is 1170. The first-order valence-corrected chi connectivity index (χ1v) is 10.8. The van der Waals surface area contributed by atoms with Crippen molar-refractivity contribution < 1.29 is 26.4 Å². The standard InChI is InChI=1S/C14H7Cl2F3N2O3S3/c1-5-6-2-3-8(14(17,18)19)20-13(6)26-10(5)12(22)21-27(23,24)7-4-9(15)25-11(7)16/h2-4H,1H3,(H,21,22). The molecule has 1 amide bonds. The zero-order chi connectivity index (χ0) is 20.1. The number of nitrogens with zero attached hydrogens (tertiary/aromatic N) is 1. The Kier molecular flexibility index (Phi) is 5.19. The van der Waals surface area contributed by atoms with Gasteiger partial charge in [0.15, 0.2) is 0 Å². The normalized spacial score (nSPS) is 12.5. The van der Waals surface area contributed by atoms with E-state index in [4.69, 9.17) is 23.2 Å². The van der Waals surface area contributed by atoms with Crippen LogP contribution in [-0.4, -0.2) is 19.3 Å². The van der Waals surface area contributed by atoms with Gasteiger partial charge in [0, 0.05) is 5.39 Å². The molecule has 27 heavy (non-hydrogen) atoms. The van der Waals surface area contributed by atoms with E-state index in [-0.39, 0.29) is 23.3 Å². The van der Waals surface area contributed by atoms with Crippen molar-refractivity contribution in [1.29, 1.82) is 0 Å². The average Bonchev–Trinajstić information content (AvgIpc) is 3.06. The summed E-state index contributed by atoms with van der Waals surface area (Å²) >= 11 is 13.0. The molecule has 0 spiro atoms. The highest BCUT2D eigenvalue weighted by Crippen LogP contribution is 2.36. The van der Waals surface area contributed by atoms with Gasteiger partial charge in [-0.3, -0.25) is 4.79 Å². The summed E-state index contributed by atoms with van der Waals surface area (Å²) in [7, 11) is -4.30. The second-order valence-corrected chi connectivity index (χ2v) is 10.2. The van der Waals surface area contributed by atoms with Crippen LogP contribution in [0.4, 0.5) is 13.2 Å². The molecule has 144 valence electrons. The monoisotopic (exact) mass is 474 g/mol. The van der Waals surface area contributed by atoms with E-state index in [1.165, 1.54) is 13.0 Å². The molecule has 0 aliphatic rings. The number of alkyl halides is 3. The highest BCUT2D eigenvalue weighted by atomic mass is 35.5. The molecule has 0 fully saturated rings. The van der Waals surface area contributed by atoms with E-state index in [2.05, 4.69) is 4.98 Å². The molecule has 5 nitrogen and oxygen atoms in total. The number of amides is 1. The van der Waals surface area contributed by atoms with Crippen molar-refractivity contribution in [2.45, 2.75) is 18.0 Å². The zero-order valence-corrected chi connectivity index (χ0v) is 17.0. The van der Waals surface area contributed by atoms with Crippen LogP contribution in [0.3, 0.4) is 0 Å². The lowest BCUT2D eigenvalue weighted by atomic mass is 10.2. The Morgan fingerprint density at radius 3 is 2.44 bits per heavy atom. The highest BCUT2D eigenvalue weighted by Gasteiger charge is 2.33. The lowest BCUT2D eigenvalue weighted by molar-refractivity contribution is -0.140. The second kappa shape index (κ2) is 6.89. The molecule has 1 N–H and O–H groups in total. The molecule has 3 heterocycles. The molecule has 0 atom stereocenters. The summed E-state index contributed by atoms with van der Waals surface area (Å²) in [5, 5.41) is 0.326. The lowest BCUT2D eigenvalue weighted by Crippen LogP contribution is -2.30. The third kappa shape index (κ3) is 3.92. The molecular formula is C14H7Cl2F3N2O3S3. The summed E-state index contributed by atoms with van der Waals surface area (Å²) in [6.45, 7) is 1.49. The van der Waals surface area contributed by atoms with Gasteiger partial charge in [0.1, 0.15) is 19.8 Å². The number of aryl methyl sites for hydroxylation is 1. The number of aromatic nitrogens is 1. The maximum Gasteiger partial charge on any atom is 0.433 e. The summed E-state index contributed by atoms with van der Waals surface area (Å²) < 4.78 is 64.9. The van der Waals surface area contributed by atoms with Crippen LogP contribution in [0.5, 0.6) is 0 Å². The molecule has 3 aromatic heterocycles. The second-order valence-electron chi connectivity index (χ2n) is 5.23. The van der Waals surface area contributed by atoms with E-state index in [0.29, 0.717) is 22.3 Å². The number of pyridine rings is 1. The van der Waals surface area contributed by atoms with E-state index in [9.17, 15) is 26.4 Å². The summed E-state index contributed by atoms with van der Waals surface area (Å²) in [5.74, 6) is -0.998. The van der Waals surface area contributed by atoms with E-state index in [1.54, 1.807) is 0 Å². The van der Waals surface area contributed by atoms with Crippen molar-refractivity contribution in [3.8, 4) is 0 Å². The predicted molar refractivity (Wildman–Crippen MR) is 98.4 cm³/mol. The molecule has 0 saturated heterocycles. The Morgan fingerprint density at radius 1 is 1.22 bits per heavy atom. The van der Waals surface area contributed by atoms with Gasteiger partial charge in [-0.05, 0) is 30.7 Å². The number of hydrogen-bond donors (Lipinski definition) is 1. The number of carbonyl (C=O) groups excluding carboxylic acids is 1. The summed E-state index contributed by atoms with van der Waals surface area (Å²) in [6.07, 6.45) is -4.63. The van der Waals surface area contributed by atoms with Crippen molar-refractivity contribution in [2.75, 3.05) is 0 Å². The summed E-state index contributed by atoms with van der Waals surface area (Å²) in [4.78, 5) is 15.5. The Hall–Kier alpha value is -1.40. The van der Waals surface area contributed by atoms with E-state index < -0.39 is 27.8 Å². The molecule has 0 aromatic carbocycles. The van der Waals surface area contributed by atoms with Crippen LogP contribution in [0, 0.1) is 6.92 Å². The molecule has 0 bridgehead atoms. The fourth-order valence-electron chi connectivity index (χ4n) is 2.21. The summed E-state index contributed by atoms with van der Waals surface area (Å²) in [6, 6.07) is 3.09. The Balaban J connectivity index is 1.98. The first kappa shape index (κ1) is 20.3. The number of sulfonamides is 1. The molecule has 13 heteroatoms. The minimum atomic E-state index is -4.63. The van der Waals surface area contributed by atoms with Crippen LogP contribution in [0.1, 0.15) is 20.9 Å². The number of rotatable bonds is 3. The number of fused-ring (bicyclic) bond motifs is 1. The van der Waals surface area contributed by atoms with Gasteiger partial charge in [-0.1, -0.05) is 23.2 Å². The third-order valence-corrected chi connectivity index (χ3v) is 7.73. The molecular weight excluding hydrogens is 468 g/mol. The van der Waals surface area contributed by atoms with Crippen molar-refractivity contribution in [1.82, 2.24) is 9.71 Å². The largest absolute Gasteiger partial charge is 0.433 e.